The number of aryl methyl sites for hydroxylation is 1. The fourth-order valence-electron chi connectivity index (χ4n) is 12.3. The van der Waals surface area contributed by atoms with Gasteiger partial charge in [0.25, 0.3) is 0 Å². The van der Waals surface area contributed by atoms with Crippen molar-refractivity contribution in [2.45, 2.75) is 110 Å². The number of hydrogen-bond acceptors (Lipinski definition) is 3. The van der Waals surface area contributed by atoms with E-state index in [1.165, 1.54) is 96.5 Å². The molecule has 0 amide bonds. The predicted molar refractivity (Wildman–Crippen MR) is 296 cm³/mol. The monoisotopic (exact) mass is 899 g/mol. The molecule has 3 aliphatic rings. The van der Waals surface area contributed by atoms with Crippen LogP contribution in [0.25, 0.3) is 55.3 Å². The summed E-state index contributed by atoms with van der Waals surface area (Å²) in [7, 11) is 0.765. The number of nitrogens with zero attached hydrogens (tertiary/aromatic N) is 1. The summed E-state index contributed by atoms with van der Waals surface area (Å²) in [6.45, 7) is 21.7. The molecule has 0 saturated heterocycles. The Bertz CT molecular complexity index is 3520. The number of hydrogen-bond donors (Lipinski definition) is 1. The van der Waals surface area contributed by atoms with Gasteiger partial charge in [0.2, 0.25) is 0 Å². The smallest absolute Gasteiger partial charge is 0.198 e. The maximum absolute atomic E-state index is 7.12. The zero-order valence-electron chi connectivity index (χ0n) is 41.9. The Morgan fingerprint density at radius 2 is 1.07 bits per heavy atom. The third kappa shape index (κ3) is 7.16. The third-order valence-corrected chi connectivity index (χ3v) is 16.7. The lowest BCUT2D eigenvalue weighted by molar-refractivity contribution is 0.332. The fraction of sp³-hybridized carbons (Fsp3) is 0.262. The lowest BCUT2D eigenvalue weighted by atomic mass is 9.57. The van der Waals surface area contributed by atoms with Crippen molar-refractivity contribution in [3.8, 4) is 33.4 Å². The molecule has 3 nitrogen and oxygen atoms in total. The molecule has 2 heterocycles. The van der Waals surface area contributed by atoms with Gasteiger partial charge in [0.1, 0.15) is 11.2 Å². The van der Waals surface area contributed by atoms with Crippen molar-refractivity contribution in [1.82, 2.24) is 0 Å². The summed E-state index contributed by atoms with van der Waals surface area (Å²) >= 11 is 0. The van der Waals surface area contributed by atoms with Crippen molar-refractivity contribution < 1.29 is 4.42 Å². The highest BCUT2D eigenvalue weighted by Gasteiger charge is 2.40. The Morgan fingerprint density at radius 1 is 0.478 bits per heavy atom. The summed E-state index contributed by atoms with van der Waals surface area (Å²) in [6.07, 6.45) is 4.68. The molecular weight excluding hydrogens is 836 g/mol. The van der Waals surface area contributed by atoms with E-state index in [2.05, 4.69) is 230 Å². The average molecular weight is 899 g/mol. The molecule has 0 fully saturated rings. The highest BCUT2D eigenvalue weighted by Crippen LogP contribution is 2.52. The first-order valence-electron chi connectivity index (χ1n) is 25.3. The van der Waals surface area contributed by atoms with E-state index in [1.807, 2.05) is 0 Å². The van der Waals surface area contributed by atoms with Crippen molar-refractivity contribution >= 4 is 68.6 Å². The third-order valence-electron chi connectivity index (χ3n) is 16.7. The molecule has 0 bridgehead atoms. The van der Waals surface area contributed by atoms with Gasteiger partial charge in [-0.25, -0.2) is 0 Å². The summed E-state index contributed by atoms with van der Waals surface area (Å²) in [5.41, 5.74) is 24.7. The van der Waals surface area contributed by atoms with Crippen LogP contribution in [0.4, 0.5) is 28.4 Å². The molecule has 9 aromatic rings. The van der Waals surface area contributed by atoms with Crippen LogP contribution in [0.2, 0.25) is 0 Å². The fourth-order valence-corrected chi connectivity index (χ4v) is 12.3. The van der Waals surface area contributed by atoms with Gasteiger partial charge in [-0.05, 0) is 170 Å². The van der Waals surface area contributed by atoms with Crippen molar-refractivity contribution in [2.24, 2.45) is 0 Å². The Kier molecular flexibility index (Phi) is 9.85. The van der Waals surface area contributed by atoms with Gasteiger partial charge in [0, 0.05) is 39.1 Å². The molecule has 0 spiro atoms. The molecular formula is C65H63BN2O. The van der Waals surface area contributed by atoms with E-state index in [0.717, 1.165) is 59.0 Å². The summed E-state index contributed by atoms with van der Waals surface area (Å²) < 4.78 is 7.12. The van der Waals surface area contributed by atoms with Crippen LogP contribution in [0.1, 0.15) is 109 Å². The van der Waals surface area contributed by atoms with Gasteiger partial charge >= 0.3 is 0 Å². The highest BCUT2D eigenvalue weighted by atomic mass is 16.3. The molecule has 0 saturated carbocycles. The molecule has 1 N–H and O–H groups in total. The number of rotatable bonds is 6. The molecule has 342 valence electrons. The average Bonchev–Trinajstić information content (AvgIpc) is 3.73. The summed E-state index contributed by atoms with van der Waals surface area (Å²) in [5.74, 6) is 0. The van der Waals surface area contributed by atoms with Crippen molar-refractivity contribution in [1.29, 1.82) is 0 Å². The Hall–Kier alpha value is -6.78. The minimum atomic E-state index is 0.0385. The van der Waals surface area contributed by atoms with Crippen LogP contribution in [0.5, 0.6) is 0 Å². The molecule has 0 radical (unpaired) electrons. The number of para-hydroxylation sites is 1. The normalized spacial score (nSPS) is 17.1. The molecule has 4 heteroatoms. The second-order valence-electron chi connectivity index (χ2n) is 23.2. The van der Waals surface area contributed by atoms with Gasteiger partial charge in [0.05, 0.1) is 5.69 Å². The topological polar surface area (TPSA) is 28.4 Å². The van der Waals surface area contributed by atoms with Gasteiger partial charge in [-0.2, -0.15) is 0 Å². The minimum Gasteiger partial charge on any atom is -0.455 e. The van der Waals surface area contributed by atoms with Gasteiger partial charge < -0.3 is 14.6 Å². The number of anilines is 5. The Labute approximate surface area is 409 Å². The molecule has 1 aromatic heterocycles. The molecule has 8 aromatic carbocycles. The van der Waals surface area contributed by atoms with E-state index in [1.54, 1.807) is 0 Å². The lowest BCUT2D eigenvalue weighted by Gasteiger charge is -2.44. The van der Waals surface area contributed by atoms with Gasteiger partial charge in [-0.3, -0.25) is 0 Å². The van der Waals surface area contributed by atoms with E-state index >= 15 is 0 Å². The van der Waals surface area contributed by atoms with E-state index in [4.69, 9.17) is 4.42 Å². The van der Waals surface area contributed by atoms with Crippen LogP contribution in [-0.2, 0) is 21.7 Å². The minimum absolute atomic E-state index is 0.0385. The van der Waals surface area contributed by atoms with Crippen LogP contribution in [0, 0.1) is 6.92 Å². The summed E-state index contributed by atoms with van der Waals surface area (Å²) in [4.78, 5) is 2.63. The first kappa shape index (κ1) is 43.5. The second kappa shape index (κ2) is 15.6. The van der Waals surface area contributed by atoms with E-state index in [0.29, 0.717) is 0 Å². The number of nitrogens with one attached hydrogen (secondary N) is 1. The van der Waals surface area contributed by atoms with Crippen LogP contribution < -0.4 is 21.1 Å². The SMILES string of the molecule is Cc1cc2c(cc1N1c3cc(-c4ccccc4)ccc3Bc3c(-c4c(Nc5ccc6c(c5)C(C)(C)CCC6(C)C)ccc5c4oc4ccccc45)cc(-c4ccccc4)cc31)C(C)(C)CCC2(C)C. The standard InChI is InChI=1S/C65H63BN2O/c1-40-34-50-52(65(8,9)33-32-63(50,4)5)39-55(40)68-56-36-43(41-18-12-10-13-19-41)24-28-53(56)66-60-48(35-44(37-57(60)68)42-20-14-11-15-21-42)59-54(29-26-47-46-22-16-17-23-58(46)69-61(47)59)67-45-25-27-49-51(38-45)64(6,7)31-30-62(49,2)3/h10-29,34-39,66-67H,30-33H2,1-9H3. The quantitative estimate of drug-likeness (QED) is 0.169. The zero-order valence-corrected chi connectivity index (χ0v) is 41.9. The van der Waals surface area contributed by atoms with Gasteiger partial charge in [-0.1, -0.05) is 164 Å². The number of benzene rings is 8. The maximum atomic E-state index is 7.12. The highest BCUT2D eigenvalue weighted by molar-refractivity contribution is 6.73. The van der Waals surface area contributed by atoms with Crippen LogP contribution in [0.3, 0.4) is 0 Å². The number of furan rings is 1. The molecule has 12 rings (SSSR count). The molecule has 0 atom stereocenters. The summed E-state index contributed by atoms with van der Waals surface area (Å²) in [5, 5.41) is 6.31. The maximum Gasteiger partial charge on any atom is 0.198 e. The first-order valence-corrected chi connectivity index (χ1v) is 25.3. The van der Waals surface area contributed by atoms with E-state index in [-0.39, 0.29) is 21.7 Å². The predicted octanol–water partition coefficient (Wildman–Crippen LogP) is 16.5. The molecule has 2 aliphatic carbocycles. The Balaban J connectivity index is 1.16. The Morgan fingerprint density at radius 3 is 1.77 bits per heavy atom. The first-order chi connectivity index (χ1) is 33.1. The second-order valence-corrected chi connectivity index (χ2v) is 23.2. The van der Waals surface area contributed by atoms with E-state index in [9.17, 15) is 0 Å². The van der Waals surface area contributed by atoms with Gasteiger partial charge in [-0.15, -0.1) is 0 Å². The van der Waals surface area contributed by atoms with Gasteiger partial charge in [0.15, 0.2) is 7.28 Å². The summed E-state index contributed by atoms with van der Waals surface area (Å²) in [6, 6.07) is 59.2. The largest absolute Gasteiger partial charge is 0.455 e. The molecule has 69 heavy (non-hydrogen) atoms. The van der Waals surface area contributed by atoms with Crippen molar-refractivity contribution in [3.63, 3.8) is 0 Å². The van der Waals surface area contributed by atoms with Crippen molar-refractivity contribution in [2.75, 3.05) is 10.2 Å². The van der Waals surface area contributed by atoms with Crippen LogP contribution >= 0.6 is 0 Å². The van der Waals surface area contributed by atoms with E-state index < -0.39 is 0 Å². The molecule has 1 aliphatic heterocycles. The van der Waals surface area contributed by atoms with Crippen LogP contribution in [-0.4, -0.2) is 7.28 Å². The number of fused-ring (bicyclic) bond motifs is 7. The lowest BCUT2D eigenvalue weighted by Crippen LogP contribution is -2.41. The van der Waals surface area contributed by atoms with Crippen LogP contribution in [0.15, 0.2) is 162 Å². The molecule has 0 unspecified atom stereocenters. The zero-order chi connectivity index (χ0) is 47.6. The van der Waals surface area contributed by atoms with Crippen molar-refractivity contribution in [3.05, 3.63) is 186 Å².